The first-order valence-electron chi connectivity index (χ1n) is 23.5. The van der Waals surface area contributed by atoms with Crippen LogP contribution in [-0.4, -0.2) is 6.85 Å². The summed E-state index contributed by atoms with van der Waals surface area (Å²) >= 11 is 0. The van der Waals surface area contributed by atoms with Crippen LogP contribution in [0.4, 0.5) is 28.4 Å². The molecule has 0 N–H and O–H groups in total. The Kier molecular flexibility index (Phi) is 7.47. The molecule has 0 unspecified atom stereocenters. The zero-order valence-corrected chi connectivity index (χ0v) is 37.9. The summed E-state index contributed by atoms with van der Waals surface area (Å²) in [6.07, 6.45) is 0. The summed E-state index contributed by atoms with van der Waals surface area (Å²) in [4.78, 5) is 5.38. The predicted molar refractivity (Wildman–Crippen MR) is 276 cm³/mol. The van der Waals surface area contributed by atoms with Gasteiger partial charge in [0, 0.05) is 44.5 Å². The Morgan fingerprint density at radius 1 is 0.485 bits per heavy atom. The summed E-state index contributed by atoms with van der Waals surface area (Å²) in [6, 6.07) is 73.3. The smallest absolute Gasteiger partial charge is 0.333 e. The molecule has 0 saturated heterocycles. The third-order valence-corrected chi connectivity index (χ3v) is 15.6. The van der Waals surface area contributed by atoms with E-state index < -0.39 is 5.41 Å². The summed E-state index contributed by atoms with van der Waals surface area (Å²) < 4.78 is 6.75. The van der Waals surface area contributed by atoms with E-state index in [0.717, 1.165) is 21.9 Å². The van der Waals surface area contributed by atoms with Crippen molar-refractivity contribution in [1.82, 2.24) is 0 Å². The van der Waals surface area contributed by atoms with Gasteiger partial charge in [0.05, 0.1) is 11.1 Å². The van der Waals surface area contributed by atoms with Crippen molar-refractivity contribution in [2.45, 2.75) is 50.9 Å². The molecule has 0 radical (unpaired) electrons. The van der Waals surface area contributed by atoms with Gasteiger partial charge in [0.25, 0.3) is 0 Å². The molecule has 4 heteroatoms. The van der Waals surface area contributed by atoms with E-state index in [9.17, 15) is 0 Å². The quantitative estimate of drug-likeness (QED) is 0.165. The molecule has 0 fully saturated rings. The molecule has 0 saturated carbocycles. The first kappa shape index (κ1) is 37.8. The molecule has 0 atom stereocenters. The number of rotatable bonds is 3. The third kappa shape index (κ3) is 4.73. The standard InChI is InChI=1S/C62H47BN2O/c1-60(2,3)38-31-33-41(34-32-38)65-53-36-45-43-24-13-17-30-54(43)66-55(45)37-44(53)47-35-46-42-23-12-14-25-48(42)61(4,5)56(46)59-57(47)63(65)51-28-18-27-50-58(51)64(59)52-29-16-15-26-49(52)62(50,39-19-8-6-9-20-39)40-21-10-7-11-22-40/h6-37H,1-5H3. The van der Waals surface area contributed by atoms with Gasteiger partial charge in [-0.05, 0) is 114 Å². The summed E-state index contributed by atoms with van der Waals surface area (Å²) in [6.45, 7) is 11.6. The van der Waals surface area contributed by atoms with Crippen molar-refractivity contribution in [3.05, 3.63) is 233 Å². The Hall–Kier alpha value is -7.56. The van der Waals surface area contributed by atoms with E-state index in [4.69, 9.17) is 4.42 Å². The Labute approximate surface area is 386 Å². The lowest BCUT2D eigenvalue weighted by molar-refractivity contribution is 0.590. The average Bonchev–Trinajstić information content (AvgIpc) is 3.82. The summed E-state index contributed by atoms with van der Waals surface area (Å²) in [5, 5.41) is 2.26. The Morgan fingerprint density at radius 2 is 1.14 bits per heavy atom. The highest BCUT2D eigenvalue weighted by Crippen LogP contribution is 2.63. The van der Waals surface area contributed by atoms with Crippen molar-refractivity contribution in [3.8, 4) is 22.3 Å². The zero-order valence-electron chi connectivity index (χ0n) is 37.9. The van der Waals surface area contributed by atoms with E-state index in [0.29, 0.717) is 0 Å². The number of para-hydroxylation sites is 3. The molecule has 66 heavy (non-hydrogen) atoms. The third-order valence-electron chi connectivity index (χ3n) is 15.6. The second-order valence-electron chi connectivity index (χ2n) is 20.4. The second-order valence-corrected chi connectivity index (χ2v) is 20.4. The summed E-state index contributed by atoms with van der Waals surface area (Å²) in [7, 11) is 0. The van der Waals surface area contributed by atoms with Crippen molar-refractivity contribution in [2.24, 2.45) is 0 Å². The van der Waals surface area contributed by atoms with Gasteiger partial charge < -0.3 is 14.1 Å². The Bertz CT molecular complexity index is 3630. The lowest BCUT2D eigenvalue weighted by atomic mass is 9.41. The second kappa shape index (κ2) is 13.0. The molecule has 0 bridgehead atoms. The molecule has 3 aliphatic heterocycles. The van der Waals surface area contributed by atoms with E-state index in [1.807, 2.05) is 0 Å². The number of anilines is 5. The van der Waals surface area contributed by atoms with Crippen molar-refractivity contribution in [3.63, 3.8) is 0 Å². The molecule has 10 aromatic rings. The summed E-state index contributed by atoms with van der Waals surface area (Å²) in [5.74, 6) is 0. The molecule has 9 aromatic carbocycles. The number of fused-ring (bicyclic) bond motifs is 13. The van der Waals surface area contributed by atoms with Crippen LogP contribution in [0.3, 0.4) is 0 Å². The van der Waals surface area contributed by atoms with E-state index >= 15 is 0 Å². The fourth-order valence-electron chi connectivity index (χ4n) is 12.8. The van der Waals surface area contributed by atoms with Gasteiger partial charge in [0.15, 0.2) is 0 Å². The zero-order chi connectivity index (χ0) is 44.3. The van der Waals surface area contributed by atoms with Gasteiger partial charge >= 0.3 is 6.85 Å². The Morgan fingerprint density at radius 3 is 1.88 bits per heavy atom. The van der Waals surface area contributed by atoms with Gasteiger partial charge in [0.1, 0.15) is 11.2 Å². The maximum atomic E-state index is 6.75. The van der Waals surface area contributed by atoms with Crippen molar-refractivity contribution in [2.75, 3.05) is 9.71 Å². The van der Waals surface area contributed by atoms with Gasteiger partial charge in [-0.25, -0.2) is 0 Å². The first-order valence-corrected chi connectivity index (χ1v) is 23.5. The maximum absolute atomic E-state index is 6.75. The van der Waals surface area contributed by atoms with E-state index in [1.54, 1.807) is 0 Å². The fourth-order valence-corrected chi connectivity index (χ4v) is 12.8. The molecule has 3 nitrogen and oxygen atoms in total. The average molecular weight is 847 g/mol. The minimum atomic E-state index is -0.606. The van der Waals surface area contributed by atoms with Gasteiger partial charge in [-0.15, -0.1) is 0 Å². The molecular formula is C62H47BN2O. The van der Waals surface area contributed by atoms with Gasteiger partial charge in [-0.2, -0.15) is 0 Å². The predicted octanol–water partition coefficient (Wildman–Crippen LogP) is 14.6. The first-order chi connectivity index (χ1) is 32.2. The van der Waals surface area contributed by atoms with Gasteiger partial charge in [-0.1, -0.05) is 186 Å². The SMILES string of the molecule is CC(C)(C)c1ccc(N2B3c4cccc5c4N(c4ccccc4C5(c4ccccc4)c4ccccc4)c4c3c(cc3c4C(C)(C)c4ccccc4-3)-c3cc4oc5ccccc5c4cc32)cc1. The number of hydrogen-bond acceptors (Lipinski definition) is 3. The highest BCUT2D eigenvalue weighted by Gasteiger charge is 2.55. The molecule has 314 valence electrons. The molecule has 0 amide bonds. The molecule has 1 aromatic heterocycles. The molecule has 1 aliphatic carbocycles. The monoisotopic (exact) mass is 846 g/mol. The number of hydrogen-bond donors (Lipinski definition) is 0. The molecule has 14 rings (SSSR count). The lowest BCUT2D eigenvalue weighted by Crippen LogP contribution is -2.63. The van der Waals surface area contributed by atoms with Crippen LogP contribution in [0.15, 0.2) is 199 Å². The van der Waals surface area contributed by atoms with E-state index in [2.05, 4.69) is 238 Å². The van der Waals surface area contributed by atoms with Crippen LogP contribution in [0.25, 0.3) is 44.2 Å². The van der Waals surface area contributed by atoms with Crippen LogP contribution in [-0.2, 0) is 16.2 Å². The number of furan rings is 1. The number of nitrogens with zero attached hydrogens (tertiary/aromatic N) is 2. The van der Waals surface area contributed by atoms with E-state index in [1.165, 1.54) is 101 Å². The fraction of sp³-hybridized carbons (Fsp3) is 0.129. The minimum absolute atomic E-state index is 0.0105. The molecule has 4 aliphatic rings. The maximum Gasteiger partial charge on any atom is 0.333 e. The molecule has 0 spiro atoms. The van der Waals surface area contributed by atoms with Crippen LogP contribution < -0.4 is 20.6 Å². The highest BCUT2D eigenvalue weighted by atomic mass is 16.3. The Balaban J connectivity index is 1.19. The van der Waals surface area contributed by atoms with Crippen LogP contribution in [0.5, 0.6) is 0 Å². The van der Waals surface area contributed by atoms with Crippen LogP contribution >= 0.6 is 0 Å². The topological polar surface area (TPSA) is 19.6 Å². The van der Waals surface area contributed by atoms with Gasteiger partial charge in [-0.3, -0.25) is 0 Å². The largest absolute Gasteiger partial charge is 0.456 e. The van der Waals surface area contributed by atoms with Crippen LogP contribution in [0.1, 0.15) is 73.6 Å². The van der Waals surface area contributed by atoms with Crippen molar-refractivity contribution >= 4 is 68.1 Å². The van der Waals surface area contributed by atoms with E-state index in [-0.39, 0.29) is 17.7 Å². The highest BCUT2D eigenvalue weighted by molar-refractivity contribution is 6.93. The molecule has 4 heterocycles. The lowest BCUT2D eigenvalue weighted by Gasteiger charge is -2.53. The molecular weight excluding hydrogens is 800 g/mol. The van der Waals surface area contributed by atoms with Crippen LogP contribution in [0, 0.1) is 0 Å². The summed E-state index contributed by atoms with van der Waals surface area (Å²) in [5.41, 5.74) is 23.9. The normalized spacial score (nSPS) is 15.5. The van der Waals surface area contributed by atoms with Crippen LogP contribution in [0.2, 0.25) is 0 Å². The van der Waals surface area contributed by atoms with Gasteiger partial charge in [0.2, 0.25) is 0 Å². The number of benzene rings is 9. The van der Waals surface area contributed by atoms with Crippen molar-refractivity contribution < 1.29 is 4.42 Å². The minimum Gasteiger partial charge on any atom is -0.456 e. The van der Waals surface area contributed by atoms with Crippen molar-refractivity contribution in [1.29, 1.82) is 0 Å².